The zero-order valence-electron chi connectivity index (χ0n) is 5.25. The van der Waals surface area contributed by atoms with E-state index >= 15 is 0 Å². The molecular formula is C5H7F5. The summed E-state index contributed by atoms with van der Waals surface area (Å²) in [6.07, 6.45) is -6.42. The summed E-state index contributed by atoms with van der Waals surface area (Å²) in [5.41, 5.74) is 0. The van der Waals surface area contributed by atoms with E-state index in [-0.39, 0.29) is 6.08 Å². The first-order valence-corrected chi connectivity index (χ1v) is 2.28. The molecule has 0 fully saturated rings. The molecular weight excluding hydrogens is 155 g/mol. The van der Waals surface area contributed by atoms with Crippen molar-refractivity contribution in [3.63, 3.8) is 0 Å². The van der Waals surface area contributed by atoms with Crippen LogP contribution in [0.5, 0.6) is 0 Å². The molecule has 0 aromatic heterocycles. The van der Waals surface area contributed by atoms with Crippen molar-refractivity contribution in [3.05, 3.63) is 12.7 Å². The van der Waals surface area contributed by atoms with Crippen LogP contribution in [0.2, 0.25) is 0 Å². The number of rotatable bonds is 0. The Morgan fingerprint density at radius 3 is 1.40 bits per heavy atom. The number of halogens is 5. The minimum absolute atomic E-state index is 0.0625. The van der Waals surface area contributed by atoms with Crippen molar-refractivity contribution in [1.29, 1.82) is 0 Å². The summed E-state index contributed by atoms with van der Waals surface area (Å²) in [4.78, 5) is 0. The topological polar surface area (TPSA) is 0 Å². The van der Waals surface area contributed by atoms with Gasteiger partial charge in [0.1, 0.15) is 0 Å². The third-order valence-electron chi connectivity index (χ3n) is 0.231. The molecule has 0 unspecified atom stereocenters. The molecule has 0 aromatic rings. The van der Waals surface area contributed by atoms with Crippen molar-refractivity contribution in [3.8, 4) is 0 Å². The Morgan fingerprint density at radius 2 is 1.40 bits per heavy atom. The minimum atomic E-state index is -4.19. The molecule has 62 valence electrons. The Bertz CT molecular complexity index is 79.8. The molecule has 0 saturated carbocycles. The molecule has 0 bridgehead atoms. The predicted molar refractivity (Wildman–Crippen MR) is 27.9 cm³/mol. The third-order valence-corrected chi connectivity index (χ3v) is 0.231. The number of alkyl halides is 5. The van der Waals surface area contributed by atoms with Crippen LogP contribution in [0.4, 0.5) is 22.0 Å². The van der Waals surface area contributed by atoms with Crippen molar-refractivity contribution in [2.45, 2.75) is 19.5 Å². The van der Waals surface area contributed by atoms with E-state index in [1.165, 1.54) is 0 Å². The maximum atomic E-state index is 10.7. The molecule has 0 aliphatic carbocycles. The van der Waals surface area contributed by atoms with Gasteiger partial charge in [0.15, 0.2) is 0 Å². The van der Waals surface area contributed by atoms with Gasteiger partial charge in [-0.15, -0.1) is 0 Å². The smallest absolute Gasteiger partial charge is 0.211 e. The standard InChI is InChI=1S/C3H3F3.C2H4F2/c1-2-3(4,5)6;1-2(3)4/h2H,1H2;2H,1H3. The van der Waals surface area contributed by atoms with Gasteiger partial charge in [-0.2, -0.15) is 13.2 Å². The van der Waals surface area contributed by atoms with E-state index in [4.69, 9.17) is 0 Å². The van der Waals surface area contributed by atoms with E-state index < -0.39 is 12.6 Å². The summed E-state index contributed by atoms with van der Waals surface area (Å²) in [5, 5.41) is 0. The summed E-state index contributed by atoms with van der Waals surface area (Å²) in [5.74, 6) is 0. The lowest BCUT2D eigenvalue weighted by Gasteiger charge is -1.91. The van der Waals surface area contributed by atoms with Gasteiger partial charge in [0.05, 0.1) is 0 Å². The second-order valence-corrected chi connectivity index (χ2v) is 1.26. The molecule has 0 heterocycles. The fourth-order valence-electron chi connectivity index (χ4n) is 0. The molecule has 0 rings (SSSR count). The normalized spacial score (nSPS) is 10.3. The highest BCUT2D eigenvalue weighted by molar-refractivity contribution is 4.75. The van der Waals surface area contributed by atoms with Gasteiger partial charge < -0.3 is 0 Å². The van der Waals surface area contributed by atoms with Crippen LogP contribution in [-0.4, -0.2) is 12.6 Å². The van der Waals surface area contributed by atoms with Gasteiger partial charge in [0.2, 0.25) is 6.43 Å². The highest BCUT2D eigenvalue weighted by atomic mass is 19.4. The maximum Gasteiger partial charge on any atom is 0.409 e. The van der Waals surface area contributed by atoms with Gasteiger partial charge >= 0.3 is 6.18 Å². The highest BCUT2D eigenvalue weighted by Gasteiger charge is 2.19. The van der Waals surface area contributed by atoms with Crippen LogP contribution < -0.4 is 0 Å². The Morgan fingerprint density at radius 1 is 1.30 bits per heavy atom. The van der Waals surface area contributed by atoms with Crippen molar-refractivity contribution >= 4 is 0 Å². The summed E-state index contributed by atoms with van der Waals surface area (Å²) < 4.78 is 52.7. The molecule has 0 aliphatic rings. The number of hydrogen-bond acceptors (Lipinski definition) is 0. The average molecular weight is 162 g/mol. The van der Waals surface area contributed by atoms with E-state index in [1.807, 2.05) is 0 Å². The van der Waals surface area contributed by atoms with Crippen LogP contribution in [0.25, 0.3) is 0 Å². The summed E-state index contributed by atoms with van der Waals surface area (Å²) in [6, 6.07) is 0. The first-order valence-electron chi connectivity index (χ1n) is 2.28. The fraction of sp³-hybridized carbons (Fsp3) is 0.600. The lowest BCUT2D eigenvalue weighted by Crippen LogP contribution is -1.98. The lowest BCUT2D eigenvalue weighted by molar-refractivity contribution is -0.0795. The summed E-state index contributed by atoms with van der Waals surface area (Å²) in [6.45, 7) is 3.34. The van der Waals surface area contributed by atoms with E-state index in [2.05, 4.69) is 6.58 Å². The van der Waals surface area contributed by atoms with Crippen molar-refractivity contribution in [2.24, 2.45) is 0 Å². The predicted octanol–water partition coefficient (Wildman–Crippen LogP) is 3.01. The number of hydrogen-bond donors (Lipinski definition) is 0. The van der Waals surface area contributed by atoms with Crippen molar-refractivity contribution < 1.29 is 22.0 Å². The molecule has 0 amide bonds. The van der Waals surface area contributed by atoms with E-state index in [0.29, 0.717) is 0 Å². The maximum absolute atomic E-state index is 10.7. The molecule has 0 aliphatic heterocycles. The zero-order valence-corrected chi connectivity index (χ0v) is 5.25. The minimum Gasteiger partial charge on any atom is -0.211 e. The second-order valence-electron chi connectivity index (χ2n) is 1.26. The monoisotopic (exact) mass is 162 g/mol. The van der Waals surface area contributed by atoms with Gasteiger partial charge in [-0.25, -0.2) is 8.78 Å². The quantitative estimate of drug-likeness (QED) is 0.379. The Balaban J connectivity index is 0. The van der Waals surface area contributed by atoms with E-state index in [1.54, 1.807) is 0 Å². The van der Waals surface area contributed by atoms with Crippen molar-refractivity contribution in [1.82, 2.24) is 0 Å². The lowest BCUT2D eigenvalue weighted by atomic mass is 10.6. The Labute approximate surface area is 55.3 Å². The largest absolute Gasteiger partial charge is 0.409 e. The molecule has 0 spiro atoms. The van der Waals surface area contributed by atoms with Crippen LogP contribution in [0.1, 0.15) is 6.92 Å². The second kappa shape index (κ2) is 5.20. The molecule has 0 N–H and O–H groups in total. The van der Waals surface area contributed by atoms with Crippen LogP contribution in [0.15, 0.2) is 12.7 Å². The molecule has 5 heteroatoms. The van der Waals surface area contributed by atoms with Crippen LogP contribution in [0.3, 0.4) is 0 Å². The SMILES string of the molecule is C=CC(F)(F)F.CC(F)F. The third kappa shape index (κ3) is 52.8. The molecule has 10 heavy (non-hydrogen) atoms. The number of allylic oxidation sites excluding steroid dienone is 1. The van der Waals surface area contributed by atoms with Crippen LogP contribution >= 0.6 is 0 Å². The van der Waals surface area contributed by atoms with Gasteiger partial charge in [0, 0.05) is 6.08 Å². The molecule has 0 atom stereocenters. The first kappa shape index (κ1) is 12.1. The zero-order chi connectivity index (χ0) is 8.78. The van der Waals surface area contributed by atoms with Gasteiger partial charge in [-0.05, 0) is 6.92 Å². The van der Waals surface area contributed by atoms with Gasteiger partial charge in [-0.1, -0.05) is 6.58 Å². The molecule has 0 nitrogen and oxygen atoms in total. The molecule has 0 aromatic carbocycles. The van der Waals surface area contributed by atoms with Crippen LogP contribution in [-0.2, 0) is 0 Å². The molecule has 0 saturated heterocycles. The fourth-order valence-corrected chi connectivity index (χ4v) is 0. The average Bonchev–Trinajstić information content (AvgIpc) is 1.63. The Kier molecular flexibility index (Phi) is 6.29. The Hall–Kier alpha value is -0.610. The first-order chi connectivity index (χ1) is 4.29. The van der Waals surface area contributed by atoms with Gasteiger partial charge in [-0.3, -0.25) is 0 Å². The highest BCUT2D eigenvalue weighted by Crippen LogP contribution is 2.13. The summed E-state index contributed by atoms with van der Waals surface area (Å²) >= 11 is 0. The van der Waals surface area contributed by atoms with Crippen molar-refractivity contribution in [2.75, 3.05) is 0 Å². The van der Waals surface area contributed by atoms with Gasteiger partial charge in [0.25, 0.3) is 0 Å². The van der Waals surface area contributed by atoms with E-state index in [9.17, 15) is 22.0 Å². The molecule has 0 radical (unpaired) electrons. The van der Waals surface area contributed by atoms with E-state index in [0.717, 1.165) is 6.92 Å². The summed E-state index contributed by atoms with van der Waals surface area (Å²) in [7, 11) is 0. The van der Waals surface area contributed by atoms with Crippen LogP contribution in [0, 0.1) is 0 Å².